The molecule has 2 rings (SSSR count). The molecule has 20 heavy (non-hydrogen) atoms. The Hall–Kier alpha value is -1.88. The smallest absolute Gasteiger partial charge is 0.220 e. The molecule has 1 heterocycles. The normalized spacial score (nSPS) is 11.1. The van der Waals surface area contributed by atoms with Crippen molar-refractivity contribution < 1.29 is 14.2 Å². The van der Waals surface area contributed by atoms with Crippen LogP contribution in [0.1, 0.15) is 31.0 Å². The Morgan fingerprint density at radius 1 is 1.40 bits per heavy atom. The maximum absolute atomic E-state index is 13.4. The lowest BCUT2D eigenvalue weighted by Gasteiger charge is -2.08. The van der Waals surface area contributed by atoms with Gasteiger partial charge in [0, 0.05) is 18.6 Å². The van der Waals surface area contributed by atoms with E-state index in [1.165, 1.54) is 12.1 Å². The van der Waals surface area contributed by atoms with Crippen LogP contribution in [0.5, 0.6) is 5.88 Å². The number of hydrogen-bond donors (Lipinski definition) is 1. The lowest BCUT2D eigenvalue weighted by atomic mass is 10.0. The number of aliphatic hydroxyl groups excluding tert-OH is 1. The van der Waals surface area contributed by atoms with E-state index in [4.69, 9.17) is 4.74 Å². The second kappa shape index (κ2) is 6.05. The fourth-order valence-corrected chi connectivity index (χ4v) is 2.25. The first-order valence-electron chi connectivity index (χ1n) is 6.61. The molecule has 108 valence electrons. The molecule has 0 atom stereocenters. The molecule has 0 aliphatic heterocycles. The molecule has 0 radical (unpaired) electrons. The average Bonchev–Trinajstić information content (AvgIpc) is 2.78. The molecule has 4 nitrogen and oxygen atoms in total. The predicted molar refractivity (Wildman–Crippen MR) is 75.0 cm³/mol. The van der Waals surface area contributed by atoms with Gasteiger partial charge in [-0.1, -0.05) is 19.9 Å². The summed E-state index contributed by atoms with van der Waals surface area (Å²) in [6.07, 6.45) is 0.464. The fourth-order valence-electron chi connectivity index (χ4n) is 2.25. The van der Waals surface area contributed by atoms with E-state index in [1.54, 1.807) is 23.9 Å². The minimum Gasteiger partial charge on any atom is -0.481 e. The molecule has 0 saturated carbocycles. The van der Waals surface area contributed by atoms with Crippen molar-refractivity contribution >= 4 is 0 Å². The van der Waals surface area contributed by atoms with Crippen molar-refractivity contribution in [3.05, 3.63) is 41.3 Å². The SMILES string of the molecule is COc1c(CCO)c(C(C)C)nn1-c1cccc(F)c1. The van der Waals surface area contributed by atoms with Crippen LogP contribution in [-0.2, 0) is 6.42 Å². The third-order valence-electron chi connectivity index (χ3n) is 3.12. The maximum atomic E-state index is 13.4. The summed E-state index contributed by atoms with van der Waals surface area (Å²) in [6.45, 7) is 4.07. The number of nitrogens with zero attached hydrogens (tertiary/aromatic N) is 2. The molecule has 1 N–H and O–H groups in total. The van der Waals surface area contributed by atoms with Crippen LogP contribution in [0.4, 0.5) is 4.39 Å². The minimum absolute atomic E-state index is 0.0188. The summed E-state index contributed by atoms with van der Waals surface area (Å²) < 4.78 is 20.4. The zero-order valence-electron chi connectivity index (χ0n) is 11.9. The summed E-state index contributed by atoms with van der Waals surface area (Å²) in [5.41, 5.74) is 2.34. The van der Waals surface area contributed by atoms with E-state index in [0.717, 1.165) is 11.3 Å². The Morgan fingerprint density at radius 2 is 2.15 bits per heavy atom. The molecule has 0 fully saturated rings. The van der Waals surface area contributed by atoms with Crippen LogP contribution in [0.15, 0.2) is 24.3 Å². The van der Waals surface area contributed by atoms with Crippen LogP contribution in [0, 0.1) is 5.82 Å². The van der Waals surface area contributed by atoms with Gasteiger partial charge in [-0.05, 0) is 24.1 Å². The van der Waals surface area contributed by atoms with Crippen molar-refractivity contribution in [2.75, 3.05) is 13.7 Å². The van der Waals surface area contributed by atoms with E-state index in [-0.39, 0.29) is 18.3 Å². The van der Waals surface area contributed by atoms with Crippen molar-refractivity contribution in [2.45, 2.75) is 26.2 Å². The Kier molecular flexibility index (Phi) is 4.39. The van der Waals surface area contributed by atoms with Gasteiger partial charge in [-0.25, -0.2) is 9.07 Å². The van der Waals surface area contributed by atoms with Gasteiger partial charge in [0.2, 0.25) is 5.88 Å². The van der Waals surface area contributed by atoms with E-state index in [0.29, 0.717) is 18.0 Å². The molecule has 0 saturated heterocycles. The molecule has 1 aromatic heterocycles. The van der Waals surface area contributed by atoms with E-state index in [2.05, 4.69) is 5.10 Å². The van der Waals surface area contributed by atoms with Gasteiger partial charge in [-0.3, -0.25) is 0 Å². The Labute approximate surface area is 117 Å². The summed E-state index contributed by atoms with van der Waals surface area (Å²) in [7, 11) is 1.55. The highest BCUT2D eigenvalue weighted by Crippen LogP contribution is 2.30. The Morgan fingerprint density at radius 3 is 2.70 bits per heavy atom. The lowest BCUT2D eigenvalue weighted by molar-refractivity contribution is 0.295. The summed E-state index contributed by atoms with van der Waals surface area (Å²) >= 11 is 0. The molecular formula is C15H19FN2O2. The first kappa shape index (κ1) is 14.5. The molecule has 0 spiro atoms. The van der Waals surface area contributed by atoms with Crippen LogP contribution in [0.2, 0.25) is 0 Å². The van der Waals surface area contributed by atoms with Crippen LogP contribution < -0.4 is 4.74 Å². The van der Waals surface area contributed by atoms with E-state index in [1.807, 2.05) is 13.8 Å². The Bertz CT molecular complexity index is 594. The second-order valence-corrected chi connectivity index (χ2v) is 4.89. The third kappa shape index (κ3) is 2.67. The number of methoxy groups -OCH3 is 1. The topological polar surface area (TPSA) is 47.3 Å². The van der Waals surface area contributed by atoms with Gasteiger partial charge in [0.1, 0.15) is 5.82 Å². The van der Waals surface area contributed by atoms with Crippen molar-refractivity contribution in [1.29, 1.82) is 0 Å². The molecule has 0 aliphatic carbocycles. The molecule has 0 bridgehead atoms. The van der Waals surface area contributed by atoms with Gasteiger partial charge in [0.05, 0.1) is 18.5 Å². The number of aliphatic hydroxyl groups is 1. The molecule has 2 aromatic rings. The number of ether oxygens (including phenoxy) is 1. The summed E-state index contributed by atoms with van der Waals surface area (Å²) in [6, 6.07) is 6.19. The predicted octanol–water partition coefficient (Wildman–Crippen LogP) is 2.68. The Balaban J connectivity index is 2.61. The van der Waals surface area contributed by atoms with Crippen LogP contribution in [-0.4, -0.2) is 28.6 Å². The van der Waals surface area contributed by atoms with Gasteiger partial charge in [0.25, 0.3) is 0 Å². The fraction of sp³-hybridized carbons (Fsp3) is 0.400. The van der Waals surface area contributed by atoms with Crippen molar-refractivity contribution in [3.63, 3.8) is 0 Å². The van der Waals surface area contributed by atoms with Crippen LogP contribution >= 0.6 is 0 Å². The zero-order chi connectivity index (χ0) is 14.7. The zero-order valence-corrected chi connectivity index (χ0v) is 11.9. The molecule has 0 unspecified atom stereocenters. The number of halogens is 1. The quantitative estimate of drug-likeness (QED) is 0.914. The molecule has 1 aromatic carbocycles. The van der Waals surface area contributed by atoms with E-state index in [9.17, 15) is 9.50 Å². The molecule has 0 aliphatic rings. The number of benzene rings is 1. The van der Waals surface area contributed by atoms with Gasteiger partial charge in [-0.15, -0.1) is 0 Å². The van der Waals surface area contributed by atoms with Crippen molar-refractivity contribution in [1.82, 2.24) is 9.78 Å². The minimum atomic E-state index is -0.324. The average molecular weight is 278 g/mol. The largest absolute Gasteiger partial charge is 0.481 e. The van der Waals surface area contributed by atoms with Gasteiger partial charge in [-0.2, -0.15) is 5.10 Å². The first-order valence-corrected chi connectivity index (χ1v) is 6.61. The second-order valence-electron chi connectivity index (χ2n) is 4.89. The summed E-state index contributed by atoms with van der Waals surface area (Å²) in [5, 5.41) is 13.7. The first-order chi connectivity index (χ1) is 9.58. The summed E-state index contributed by atoms with van der Waals surface area (Å²) in [5.74, 6) is 0.420. The molecule has 0 amide bonds. The van der Waals surface area contributed by atoms with E-state index < -0.39 is 0 Å². The number of rotatable bonds is 5. The summed E-state index contributed by atoms with van der Waals surface area (Å²) in [4.78, 5) is 0. The van der Waals surface area contributed by atoms with Crippen molar-refractivity contribution in [3.8, 4) is 11.6 Å². The van der Waals surface area contributed by atoms with Crippen LogP contribution in [0.3, 0.4) is 0 Å². The van der Waals surface area contributed by atoms with Gasteiger partial charge in [0.15, 0.2) is 0 Å². The highest BCUT2D eigenvalue weighted by Gasteiger charge is 2.21. The highest BCUT2D eigenvalue weighted by atomic mass is 19.1. The maximum Gasteiger partial charge on any atom is 0.220 e. The van der Waals surface area contributed by atoms with Crippen molar-refractivity contribution in [2.24, 2.45) is 0 Å². The molecular weight excluding hydrogens is 259 g/mol. The number of aromatic nitrogens is 2. The number of hydrogen-bond acceptors (Lipinski definition) is 3. The monoisotopic (exact) mass is 278 g/mol. The van der Waals surface area contributed by atoms with Gasteiger partial charge < -0.3 is 9.84 Å². The van der Waals surface area contributed by atoms with Crippen LogP contribution in [0.25, 0.3) is 5.69 Å². The van der Waals surface area contributed by atoms with Gasteiger partial charge >= 0.3 is 0 Å². The third-order valence-corrected chi connectivity index (χ3v) is 3.12. The lowest BCUT2D eigenvalue weighted by Crippen LogP contribution is -2.01. The van der Waals surface area contributed by atoms with E-state index >= 15 is 0 Å². The highest BCUT2D eigenvalue weighted by molar-refractivity contribution is 5.42. The standard InChI is InChI=1S/C15H19FN2O2/c1-10(2)14-13(7-8-19)15(20-3)18(17-14)12-6-4-5-11(16)9-12/h4-6,9-10,19H,7-8H2,1-3H3. The molecule has 5 heteroatoms.